The molecule has 0 saturated heterocycles. The van der Waals surface area contributed by atoms with Gasteiger partial charge in [-0.15, -0.1) is 11.3 Å². The first kappa shape index (κ1) is 12.7. The van der Waals surface area contributed by atoms with E-state index < -0.39 is 0 Å². The lowest BCUT2D eigenvalue weighted by molar-refractivity contribution is 0.524. The van der Waals surface area contributed by atoms with Gasteiger partial charge < -0.3 is 5.32 Å². The van der Waals surface area contributed by atoms with Crippen LogP contribution in [0.3, 0.4) is 0 Å². The van der Waals surface area contributed by atoms with Gasteiger partial charge in [-0.3, -0.25) is 0 Å². The average Bonchev–Trinajstić information content (AvgIpc) is 2.76. The summed E-state index contributed by atoms with van der Waals surface area (Å²) < 4.78 is 1.17. The Morgan fingerprint density at radius 1 is 1.41 bits per heavy atom. The van der Waals surface area contributed by atoms with Crippen LogP contribution in [0.25, 0.3) is 0 Å². The van der Waals surface area contributed by atoms with Crippen molar-refractivity contribution in [3.05, 3.63) is 45.1 Å². The molecule has 5 heteroatoms. The van der Waals surface area contributed by atoms with Gasteiger partial charge in [0.05, 0.1) is 6.04 Å². The highest BCUT2D eigenvalue weighted by molar-refractivity contribution is 9.10. The molecular weight excluding hydrogens is 298 g/mol. The fourth-order valence-electron chi connectivity index (χ4n) is 1.65. The molecular formula is C12H14BrN3S. The molecule has 0 aromatic carbocycles. The third kappa shape index (κ3) is 3.34. The molecule has 1 atom stereocenters. The van der Waals surface area contributed by atoms with E-state index >= 15 is 0 Å². The number of hydrogen-bond donors (Lipinski definition) is 1. The van der Waals surface area contributed by atoms with Crippen LogP contribution in [0.2, 0.25) is 0 Å². The van der Waals surface area contributed by atoms with Gasteiger partial charge in [-0.05, 0) is 40.0 Å². The maximum absolute atomic E-state index is 4.32. The molecule has 2 heterocycles. The van der Waals surface area contributed by atoms with E-state index in [1.165, 1.54) is 9.35 Å². The zero-order valence-electron chi connectivity index (χ0n) is 9.56. The molecule has 0 aliphatic heterocycles. The van der Waals surface area contributed by atoms with Crippen LogP contribution < -0.4 is 5.32 Å². The molecule has 17 heavy (non-hydrogen) atoms. The summed E-state index contributed by atoms with van der Waals surface area (Å²) in [5, 5.41) is 5.52. The number of aromatic nitrogens is 2. The standard InChI is InChI=1S/C12H14BrN3S/c1-2-14-10(12-15-5-3-6-16-12)8-11-9(13)4-7-17-11/h3-7,10,14H,2,8H2,1H3. The lowest BCUT2D eigenvalue weighted by Gasteiger charge is -2.15. The molecule has 90 valence electrons. The molecule has 0 aliphatic rings. The molecule has 2 aromatic rings. The van der Waals surface area contributed by atoms with Crippen LogP contribution in [0.1, 0.15) is 23.7 Å². The minimum atomic E-state index is 0.177. The van der Waals surface area contributed by atoms with Gasteiger partial charge in [0.25, 0.3) is 0 Å². The van der Waals surface area contributed by atoms with Gasteiger partial charge in [0.15, 0.2) is 0 Å². The molecule has 1 N–H and O–H groups in total. The van der Waals surface area contributed by atoms with Crippen LogP contribution >= 0.6 is 27.3 Å². The molecule has 0 saturated carbocycles. The summed E-state index contributed by atoms with van der Waals surface area (Å²) >= 11 is 5.32. The maximum Gasteiger partial charge on any atom is 0.145 e. The SMILES string of the molecule is CCNC(Cc1sccc1Br)c1ncccn1. The normalized spacial score (nSPS) is 12.6. The van der Waals surface area contributed by atoms with Gasteiger partial charge in [0.1, 0.15) is 5.82 Å². The third-order valence-electron chi connectivity index (χ3n) is 2.43. The number of nitrogens with one attached hydrogen (secondary N) is 1. The van der Waals surface area contributed by atoms with Crippen LogP contribution in [0.5, 0.6) is 0 Å². The van der Waals surface area contributed by atoms with Crippen molar-refractivity contribution in [3.8, 4) is 0 Å². The quantitative estimate of drug-likeness (QED) is 0.921. The molecule has 0 aliphatic carbocycles. The second kappa shape index (κ2) is 6.23. The van der Waals surface area contributed by atoms with Gasteiger partial charge in [-0.1, -0.05) is 6.92 Å². The first-order chi connectivity index (χ1) is 8.31. The van der Waals surface area contributed by atoms with Crippen LogP contribution in [0.15, 0.2) is 34.4 Å². The maximum atomic E-state index is 4.32. The minimum absolute atomic E-state index is 0.177. The van der Waals surface area contributed by atoms with Crippen molar-refractivity contribution in [3.63, 3.8) is 0 Å². The average molecular weight is 312 g/mol. The predicted molar refractivity (Wildman–Crippen MR) is 74.2 cm³/mol. The van der Waals surface area contributed by atoms with Crippen molar-refractivity contribution in [2.45, 2.75) is 19.4 Å². The molecule has 2 rings (SSSR count). The first-order valence-electron chi connectivity index (χ1n) is 5.53. The topological polar surface area (TPSA) is 37.8 Å². The van der Waals surface area contributed by atoms with E-state index in [2.05, 4.69) is 49.6 Å². The number of halogens is 1. The summed E-state index contributed by atoms with van der Waals surface area (Å²) in [7, 11) is 0. The minimum Gasteiger partial charge on any atom is -0.307 e. The largest absolute Gasteiger partial charge is 0.307 e. The Morgan fingerprint density at radius 3 is 2.76 bits per heavy atom. The van der Waals surface area contributed by atoms with E-state index in [4.69, 9.17) is 0 Å². The number of rotatable bonds is 5. The number of hydrogen-bond acceptors (Lipinski definition) is 4. The number of nitrogens with zero attached hydrogens (tertiary/aromatic N) is 2. The van der Waals surface area contributed by atoms with Gasteiger partial charge in [0.2, 0.25) is 0 Å². The van der Waals surface area contributed by atoms with E-state index in [0.717, 1.165) is 18.8 Å². The Bertz CT molecular complexity index is 458. The lowest BCUT2D eigenvalue weighted by atomic mass is 10.1. The molecule has 0 spiro atoms. The summed E-state index contributed by atoms with van der Waals surface area (Å²) in [6.45, 7) is 3.01. The van der Waals surface area contributed by atoms with Crippen molar-refractivity contribution in [2.24, 2.45) is 0 Å². The second-order valence-corrected chi connectivity index (χ2v) is 5.47. The predicted octanol–water partition coefficient (Wildman–Crippen LogP) is 3.19. The van der Waals surface area contributed by atoms with Crippen LogP contribution in [0, 0.1) is 0 Å². The van der Waals surface area contributed by atoms with Crippen molar-refractivity contribution < 1.29 is 0 Å². The van der Waals surface area contributed by atoms with Crippen molar-refractivity contribution in [1.82, 2.24) is 15.3 Å². The van der Waals surface area contributed by atoms with E-state index in [-0.39, 0.29) is 6.04 Å². The highest BCUT2D eigenvalue weighted by Crippen LogP contribution is 2.27. The Labute approximate surface area is 113 Å². The summed E-state index contributed by atoms with van der Waals surface area (Å²) in [6, 6.07) is 4.10. The summed E-state index contributed by atoms with van der Waals surface area (Å²) in [5.74, 6) is 0.856. The fraction of sp³-hybridized carbons (Fsp3) is 0.333. The summed E-state index contributed by atoms with van der Waals surface area (Å²) in [5.41, 5.74) is 0. The smallest absolute Gasteiger partial charge is 0.145 e. The lowest BCUT2D eigenvalue weighted by Crippen LogP contribution is -2.24. The van der Waals surface area contributed by atoms with Gasteiger partial charge >= 0.3 is 0 Å². The van der Waals surface area contributed by atoms with E-state index in [9.17, 15) is 0 Å². The van der Waals surface area contributed by atoms with Crippen LogP contribution in [0.4, 0.5) is 0 Å². The third-order valence-corrected chi connectivity index (χ3v) is 4.38. The monoisotopic (exact) mass is 311 g/mol. The van der Waals surface area contributed by atoms with E-state index in [1.54, 1.807) is 23.7 Å². The van der Waals surface area contributed by atoms with Gasteiger partial charge in [-0.2, -0.15) is 0 Å². The highest BCUT2D eigenvalue weighted by Gasteiger charge is 2.15. The molecule has 2 aromatic heterocycles. The van der Waals surface area contributed by atoms with E-state index in [1.807, 2.05) is 6.07 Å². The fourth-order valence-corrected chi connectivity index (χ4v) is 3.21. The molecule has 0 amide bonds. The highest BCUT2D eigenvalue weighted by atomic mass is 79.9. The van der Waals surface area contributed by atoms with Crippen molar-refractivity contribution in [2.75, 3.05) is 6.54 Å². The molecule has 0 fully saturated rings. The molecule has 0 bridgehead atoms. The van der Waals surface area contributed by atoms with Crippen LogP contribution in [-0.2, 0) is 6.42 Å². The Kier molecular flexibility index (Phi) is 4.65. The van der Waals surface area contributed by atoms with Gasteiger partial charge in [0, 0.05) is 28.2 Å². The van der Waals surface area contributed by atoms with E-state index in [0.29, 0.717) is 0 Å². The molecule has 0 radical (unpaired) electrons. The molecule has 1 unspecified atom stereocenters. The second-order valence-electron chi connectivity index (χ2n) is 3.61. The van der Waals surface area contributed by atoms with Crippen LogP contribution in [-0.4, -0.2) is 16.5 Å². The zero-order valence-corrected chi connectivity index (χ0v) is 12.0. The summed E-state index contributed by atoms with van der Waals surface area (Å²) in [6.07, 6.45) is 4.49. The van der Waals surface area contributed by atoms with Crippen molar-refractivity contribution >= 4 is 27.3 Å². The zero-order chi connectivity index (χ0) is 12.1. The number of likely N-dealkylation sites (N-methyl/N-ethyl adjacent to an activating group) is 1. The number of thiophene rings is 1. The Balaban J connectivity index is 2.16. The summed E-state index contributed by atoms with van der Waals surface area (Å²) in [4.78, 5) is 9.97. The first-order valence-corrected chi connectivity index (χ1v) is 7.20. The molecule has 3 nitrogen and oxygen atoms in total. The Hall–Kier alpha value is -0.780. The van der Waals surface area contributed by atoms with Gasteiger partial charge in [-0.25, -0.2) is 9.97 Å². The van der Waals surface area contributed by atoms with Crippen molar-refractivity contribution in [1.29, 1.82) is 0 Å². The Morgan fingerprint density at radius 2 is 2.18 bits per heavy atom.